The monoisotopic (exact) mass is 414 g/mol. The summed E-state index contributed by atoms with van der Waals surface area (Å²) in [5.74, 6) is 3.83. The maximum Gasteiger partial charge on any atom is 0.131 e. The SMILES string of the molecule is C1=CC2(CCC13c1ccccc1Oc1ccccc13)c1ccccc1Oc1ccccc12. The van der Waals surface area contributed by atoms with E-state index in [9.17, 15) is 0 Å². The van der Waals surface area contributed by atoms with Gasteiger partial charge in [-0.1, -0.05) is 84.9 Å². The van der Waals surface area contributed by atoms with Crippen LogP contribution in [-0.4, -0.2) is 0 Å². The summed E-state index contributed by atoms with van der Waals surface area (Å²) in [5, 5.41) is 0. The van der Waals surface area contributed by atoms with E-state index >= 15 is 0 Å². The molecule has 0 fully saturated rings. The van der Waals surface area contributed by atoms with Crippen molar-refractivity contribution < 1.29 is 9.47 Å². The van der Waals surface area contributed by atoms with Crippen LogP contribution < -0.4 is 9.47 Å². The Labute approximate surface area is 187 Å². The molecule has 4 aromatic carbocycles. The fourth-order valence-corrected chi connectivity index (χ4v) is 5.97. The molecule has 0 radical (unpaired) electrons. The highest BCUT2D eigenvalue weighted by Crippen LogP contribution is 2.59. The molecular formula is C30H22O2. The van der Waals surface area contributed by atoms with Gasteiger partial charge in [-0.3, -0.25) is 0 Å². The van der Waals surface area contributed by atoms with E-state index in [0.717, 1.165) is 35.8 Å². The molecule has 2 nitrogen and oxygen atoms in total. The number of ether oxygens (including phenoxy) is 2. The summed E-state index contributed by atoms with van der Waals surface area (Å²) in [7, 11) is 0. The van der Waals surface area contributed by atoms with Crippen molar-refractivity contribution in [2.24, 2.45) is 0 Å². The molecule has 0 bridgehead atoms. The largest absolute Gasteiger partial charge is 0.457 e. The molecule has 2 heteroatoms. The van der Waals surface area contributed by atoms with Crippen LogP contribution >= 0.6 is 0 Å². The molecule has 154 valence electrons. The van der Waals surface area contributed by atoms with Crippen LogP contribution in [-0.2, 0) is 10.8 Å². The van der Waals surface area contributed by atoms with Gasteiger partial charge in [-0.2, -0.15) is 0 Å². The van der Waals surface area contributed by atoms with Crippen molar-refractivity contribution in [1.29, 1.82) is 0 Å². The summed E-state index contributed by atoms with van der Waals surface area (Å²) < 4.78 is 12.6. The van der Waals surface area contributed by atoms with Gasteiger partial charge in [0, 0.05) is 33.1 Å². The standard InChI is InChI=1S/C30H22O2/c1-5-13-25-21(9-1)29(22-10-2-6-14-26(22)31-25)17-19-30(20-18-29)23-11-3-7-15-27(23)32-28-16-8-4-12-24(28)30/h1-17,19H,18,20H2. The number of rotatable bonds is 0. The van der Waals surface area contributed by atoms with Gasteiger partial charge in [-0.15, -0.1) is 0 Å². The van der Waals surface area contributed by atoms with Crippen LogP contribution in [0.4, 0.5) is 0 Å². The first-order valence-corrected chi connectivity index (χ1v) is 11.2. The van der Waals surface area contributed by atoms with Crippen LogP contribution in [0.2, 0.25) is 0 Å². The van der Waals surface area contributed by atoms with Gasteiger partial charge >= 0.3 is 0 Å². The molecular weight excluding hydrogens is 392 g/mol. The minimum atomic E-state index is -0.196. The second-order valence-corrected chi connectivity index (χ2v) is 8.96. The Morgan fingerprint density at radius 1 is 0.406 bits per heavy atom. The number of hydrogen-bond acceptors (Lipinski definition) is 2. The molecule has 3 aliphatic rings. The van der Waals surface area contributed by atoms with Gasteiger partial charge < -0.3 is 9.47 Å². The van der Waals surface area contributed by atoms with E-state index in [-0.39, 0.29) is 10.8 Å². The minimum Gasteiger partial charge on any atom is -0.457 e. The fourth-order valence-electron chi connectivity index (χ4n) is 5.97. The molecule has 0 unspecified atom stereocenters. The van der Waals surface area contributed by atoms with Gasteiger partial charge in [0.25, 0.3) is 0 Å². The van der Waals surface area contributed by atoms with Gasteiger partial charge in [0.15, 0.2) is 0 Å². The van der Waals surface area contributed by atoms with Crippen LogP contribution in [0.1, 0.15) is 35.1 Å². The minimum absolute atomic E-state index is 0.196. The molecule has 2 heterocycles. The van der Waals surface area contributed by atoms with E-state index in [2.05, 4.69) is 109 Å². The smallest absolute Gasteiger partial charge is 0.131 e. The van der Waals surface area contributed by atoms with Gasteiger partial charge in [-0.25, -0.2) is 0 Å². The summed E-state index contributed by atoms with van der Waals surface area (Å²) >= 11 is 0. The Morgan fingerprint density at radius 3 is 0.969 bits per heavy atom. The number of fused-ring (bicyclic) bond motifs is 8. The van der Waals surface area contributed by atoms with Gasteiger partial charge in [-0.05, 0) is 37.1 Å². The molecule has 1 aliphatic carbocycles. The number of allylic oxidation sites excluding steroid dienone is 2. The van der Waals surface area contributed by atoms with Crippen molar-refractivity contribution in [3.8, 4) is 23.0 Å². The van der Waals surface area contributed by atoms with Crippen LogP contribution in [0.3, 0.4) is 0 Å². The van der Waals surface area contributed by atoms with Crippen molar-refractivity contribution >= 4 is 0 Å². The van der Waals surface area contributed by atoms with E-state index < -0.39 is 0 Å². The molecule has 32 heavy (non-hydrogen) atoms. The van der Waals surface area contributed by atoms with Crippen molar-refractivity contribution in [2.45, 2.75) is 23.7 Å². The van der Waals surface area contributed by atoms with Crippen molar-refractivity contribution in [1.82, 2.24) is 0 Å². The molecule has 2 spiro atoms. The van der Waals surface area contributed by atoms with Gasteiger partial charge in [0.1, 0.15) is 23.0 Å². The molecule has 0 aromatic heterocycles. The summed E-state index contributed by atoms with van der Waals surface area (Å²) in [6.45, 7) is 0. The third kappa shape index (κ3) is 2.24. The van der Waals surface area contributed by atoms with Crippen LogP contribution in [0.25, 0.3) is 0 Å². The van der Waals surface area contributed by atoms with Gasteiger partial charge in [0.2, 0.25) is 0 Å². The Bertz CT molecular complexity index is 1200. The molecule has 0 N–H and O–H groups in total. The third-order valence-electron chi connectivity index (χ3n) is 7.48. The second-order valence-electron chi connectivity index (χ2n) is 8.96. The highest BCUT2D eigenvalue weighted by Gasteiger charge is 2.49. The molecule has 2 aliphatic heterocycles. The normalized spacial score (nSPS) is 18.0. The first-order valence-electron chi connectivity index (χ1n) is 11.2. The quantitative estimate of drug-likeness (QED) is 0.277. The van der Waals surface area contributed by atoms with Crippen LogP contribution in [0.5, 0.6) is 23.0 Å². The summed E-state index contributed by atoms with van der Waals surface area (Å²) in [5.41, 5.74) is 4.60. The van der Waals surface area contributed by atoms with E-state index in [4.69, 9.17) is 9.47 Å². The number of benzene rings is 4. The molecule has 4 aromatic rings. The van der Waals surface area contributed by atoms with E-state index in [1.807, 2.05) is 0 Å². The molecule has 7 rings (SSSR count). The zero-order chi connectivity index (χ0) is 21.2. The number of hydrogen-bond donors (Lipinski definition) is 0. The Kier molecular flexibility index (Phi) is 3.55. The Balaban J connectivity index is 1.48. The predicted molar refractivity (Wildman–Crippen MR) is 126 cm³/mol. The average molecular weight is 415 g/mol. The lowest BCUT2D eigenvalue weighted by Gasteiger charge is -2.47. The first-order chi connectivity index (χ1) is 15.8. The van der Waals surface area contributed by atoms with E-state index in [0.29, 0.717) is 0 Å². The summed E-state index contributed by atoms with van der Waals surface area (Å²) in [4.78, 5) is 0. The maximum absolute atomic E-state index is 6.30. The van der Waals surface area contributed by atoms with E-state index in [1.165, 1.54) is 22.3 Å². The maximum atomic E-state index is 6.30. The van der Waals surface area contributed by atoms with Crippen LogP contribution in [0, 0.1) is 0 Å². The van der Waals surface area contributed by atoms with E-state index in [1.54, 1.807) is 0 Å². The average Bonchev–Trinajstić information content (AvgIpc) is 2.86. The highest BCUT2D eigenvalue weighted by atomic mass is 16.5. The summed E-state index contributed by atoms with van der Waals surface area (Å²) in [6.07, 6.45) is 6.86. The Morgan fingerprint density at radius 2 is 0.688 bits per heavy atom. The lowest BCUT2D eigenvalue weighted by atomic mass is 9.58. The second kappa shape index (κ2) is 6.37. The fraction of sp³-hybridized carbons (Fsp3) is 0.133. The summed E-state index contributed by atoms with van der Waals surface area (Å²) in [6, 6.07) is 33.9. The lowest BCUT2D eigenvalue weighted by Crippen LogP contribution is -2.39. The zero-order valence-electron chi connectivity index (χ0n) is 17.6. The topological polar surface area (TPSA) is 18.5 Å². The third-order valence-corrected chi connectivity index (χ3v) is 7.48. The first kappa shape index (κ1) is 17.9. The van der Waals surface area contributed by atoms with Gasteiger partial charge in [0.05, 0.1) is 0 Å². The van der Waals surface area contributed by atoms with Crippen molar-refractivity contribution in [3.63, 3.8) is 0 Å². The van der Waals surface area contributed by atoms with Crippen molar-refractivity contribution in [2.75, 3.05) is 0 Å². The zero-order valence-corrected chi connectivity index (χ0v) is 17.6. The van der Waals surface area contributed by atoms with Crippen molar-refractivity contribution in [3.05, 3.63) is 131 Å². The molecule has 0 saturated carbocycles. The number of para-hydroxylation sites is 4. The highest BCUT2D eigenvalue weighted by molar-refractivity contribution is 5.65. The molecule has 0 atom stereocenters. The predicted octanol–water partition coefficient (Wildman–Crippen LogP) is 7.52. The molecule has 0 amide bonds. The Hall–Kier alpha value is -3.78. The van der Waals surface area contributed by atoms with Crippen LogP contribution in [0.15, 0.2) is 109 Å². The lowest BCUT2D eigenvalue weighted by molar-refractivity contribution is 0.354. The molecule has 0 saturated heterocycles.